The highest BCUT2D eigenvalue weighted by atomic mass is 19.1. The summed E-state index contributed by atoms with van der Waals surface area (Å²) in [4.78, 5) is 12.0. The third kappa shape index (κ3) is 3.93. The minimum Gasteiger partial charge on any atom is -0.507 e. The minimum atomic E-state index is -0.569. The number of hydrogen-bond donors (Lipinski definition) is 3. The van der Waals surface area contributed by atoms with Gasteiger partial charge < -0.3 is 15.5 Å². The quantitative estimate of drug-likeness (QED) is 0.720. The maximum atomic E-state index is 13.1. The van der Waals surface area contributed by atoms with Gasteiger partial charge in [-0.15, -0.1) is 0 Å². The third-order valence-corrected chi connectivity index (χ3v) is 3.97. The topological polar surface area (TPSA) is 69.6 Å². The summed E-state index contributed by atoms with van der Waals surface area (Å²) < 4.78 is 13.1. The second-order valence-corrected chi connectivity index (χ2v) is 5.02. The van der Waals surface area contributed by atoms with E-state index >= 15 is 0 Å². The van der Waals surface area contributed by atoms with E-state index < -0.39 is 11.7 Å². The van der Waals surface area contributed by atoms with Crippen molar-refractivity contribution in [3.05, 3.63) is 29.6 Å². The number of benzene rings is 1. The number of nitrogens with one attached hydrogen (secondary N) is 1. The average Bonchev–Trinajstić information content (AvgIpc) is 2.46. The zero-order valence-electron chi connectivity index (χ0n) is 11.9. The number of amides is 1. The number of aliphatic hydroxyl groups is 1. The molecule has 0 saturated carbocycles. The molecule has 4 nitrogen and oxygen atoms in total. The zero-order valence-corrected chi connectivity index (χ0v) is 11.9. The molecule has 0 heterocycles. The Balaban J connectivity index is 2.77. The van der Waals surface area contributed by atoms with Crippen molar-refractivity contribution in [2.75, 3.05) is 13.2 Å². The molecule has 1 aromatic rings. The van der Waals surface area contributed by atoms with E-state index in [0.717, 1.165) is 31.0 Å². The molecule has 0 unspecified atom stereocenters. The highest BCUT2D eigenvalue weighted by Crippen LogP contribution is 2.29. The van der Waals surface area contributed by atoms with E-state index in [1.54, 1.807) is 0 Å². The molecule has 20 heavy (non-hydrogen) atoms. The van der Waals surface area contributed by atoms with E-state index in [1.807, 2.05) is 13.8 Å². The Bertz CT molecular complexity index is 458. The number of phenols is 1. The van der Waals surface area contributed by atoms with Crippen LogP contribution in [0.3, 0.4) is 0 Å². The molecule has 1 aromatic carbocycles. The van der Waals surface area contributed by atoms with Crippen LogP contribution >= 0.6 is 0 Å². The summed E-state index contributed by atoms with van der Waals surface area (Å²) >= 11 is 0. The molecule has 3 N–H and O–H groups in total. The van der Waals surface area contributed by atoms with Gasteiger partial charge in [0.15, 0.2) is 0 Å². The Labute approximate surface area is 118 Å². The van der Waals surface area contributed by atoms with Crippen LogP contribution in [0.2, 0.25) is 0 Å². The van der Waals surface area contributed by atoms with Gasteiger partial charge >= 0.3 is 0 Å². The first kappa shape index (κ1) is 16.4. The van der Waals surface area contributed by atoms with Crippen molar-refractivity contribution < 1.29 is 19.4 Å². The fourth-order valence-electron chi connectivity index (χ4n) is 2.23. The molecule has 0 aromatic heterocycles. The van der Waals surface area contributed by atoms with Crippen LogP contribution in [0.5, 0.6) is 5.75 Å². The van der Waals surface area contributed by atoms with E-state index in [0.29, 0.717) is 13.0 Å². The van der Waals surface area contributed by atoms with E-state index in [4.69, 9.17) is 5.11 Å². The lowest BCUT2D eigenvalue weighted by Gasteiger charge is -2.31. The molecule has 0 aliphatic heterocycles. The van der Waals surface area contributed by atoms with Crippen LogP contribution < -0.4 is 5.32 Å². The van der Waals surface area contributed by atoms with Gasteiger partial charge in [0.25, 0.3) is 5.91 Å². The van der Waals surface area contributed by atoms with Crippen molar-refractivity contribution >= 4 is 5.91 Å². The first-order valence-corrected chi connectivity index (χ1v) is 6.85. The lowest BCUT2D eigenvalue weighted by atomic mass is 9.79. The maximum absolute atomic E-state index is 13.1. The molecule has 0 fully saturated rings. The minimum absolute atomic E-state index is 0.0583. The van der Waals surface area contributed by atoms with Gasteiger partial charge in [0, 0.05) is 13.2 Å². The Kier molecular flexibility index (Phi) is 5.95. The number of aromatic hydroxyl groups is 1. The van der Waals surface area contributed by atoms with E-state index in [1.165, 1.54) is 0 Å². The van der Waals surface area contributed by atoms with Gasteiger partial charge in [-0.2, -0.15) is 0 Å². The van der Waals surface area contributed by atoms with Gasteiger partial charge in [-0.05, 0) is 42.9 Å². The number of rotatable bonds is 7. The highest BCUT2D eigenvalue weighted by Gasteiger charge is 2.26. The summed E-state index contributed by atoms with van der Waals surface area (Å²) in [6.07, 6.45) is 2.23. The summed E-state index contributed by atoms with van der Waals surface area (Å²) in [5, 5.41) is 21.4. The van der Waals surface area contributed by atoms with E-state index in [2.05, 4.69) is 5.32 Å². The molecule has 0 atom stereocenters. The van der Waals surface area contributed by atoms with Gasteiger partial charge in [-0.25, -0.2) is 4.39 Å². The smallest absolute Gasteiger partial charge is 0.255 e. The van der Waals surface area contributed by atoms with Gasteiger partial charge in [0.2, 0.25) is 0 Å². The van der Waals surface area contributed by atoms with E-state index in [9.17, 15) is 14.3 Å². The average molecular weight is 283 g/mol. The van der Waals surface area contributed by atoms with Crippen molar-refractivity contribution in [2.24, 2.45) is 5.41 Å². The van der Waals surface area contributed by atoms with Crippen LogP contribution in [0.4, 0.5) is 4.39 Å². The van der Waals surface area contributed by atoms with Crippen molar-refractivity contribution in [1.82, 2.24) is 5.32 Å². The Morgan fingerprint density at radius 1 is 1.35 bits per heavy atom. The van der Waals surface area contributed by atoms with Crippen molar-refractivity contribution in [1.29, 1.82) is 0 Å². The second kappa shape index (κ2) is 7.24. The first-order valence-electron chi connectivity index (χ1n) is 6.85. The lowest BCUT2D eigenvalue weighted by Crippen LogP contribution is -2.37. The summed E-state index contributed by atoms with van der Waals surface area (Å²) in [7, 11) is 0. The van der Waals surface area contributed by atoms with Gasteiger partial charge in [0.1, 0.15) is 11.6 Å². The van der Waals surface area contributed by atoms with Crippen molar-refractivity contribution in [3.63, 3.8) is 0 Å². The number of phenolic OH excluding ortho intramolecular Hbond substituents is 1. The van der Waals surface area contributed by atoms with E-state index in [-0.39, 0.29) is 23.3 Å². The standard InChI is InChI=1S/C15H22FNO3/c1-3-15(4-2,7-8-18)10-17-14(20)12-9-11(16)5-6-13(12)19/h5-6,9,18-19H,3-4,7-8,10H2,1-2H3,(H,17,20). The van der Waals surface area contributed by atoms with Crippen LogP contribution in [0, 0.1) is 11.2 Å². The molecule has 112 valence electrons. The molecule has 5 heteroatoms. The number of hydrogen-bond acceptors (Lipinski definition) is 3. The number of carbonyl (C=O) groups excluding carboxylic acids is 1. The lowest BCUT2D eigenvalue weighted by molar-refractivity contribution is 0.0904. The fraction of sp³-hybridized carbons (Fsp3) is 0.533. The zero-order chi connectivity index (χ0) is 15.2. The summed E-state index contributed by atoms with van der Waals surface area (Å²) in [6, 6.07) is 3.27. The van der Waals surface area contributed by atoms with Crippen LogP contribution in [-0.4, -0.2) is 29.3 Å². The summed E-state index contributed by atoms with van der Waals surface area (Å²) in [6.45, 7) is 4.45. The summed E-state index contributed by atoms with van der Waals surface area (Å²) in [5.74, 6) is -1.32. The Morgan fingerprint density at radius 3 is 2.55 bits per heavy atom. The van der Waals surface area contributed by atoms with Crippen molar-refractivity contribution in [2.45, 2.75) is 33.1 Å². The largest absolute Gasteiger partial charge is 0.507 e. The van der Waals surface area contributed by atoms with Crippen LogP contribution in [0.25, 0.3) is 0 Å². The number of carbonyl (C=O) groups is 1. The predicted molar refractivity (Wildman–Crippen MR) is 75.1 cm³/mol. The third-order valence-electron chi connectivity index (χ3n) is 3.97. The molecule has 0 saturated heterocycles. The van der Waals surface area contributed by atoms with Gasteiger partial charge in [-0.3, -0.25) is 4.79 Å². The highest BCUT2D eigenvalue weighted by molar-refractivity contribution is 5.96. The fourth-order valence-corrected chi connectivity index (χ4v) is 2.23. The number of halogens is 1. The molecular weight excluding hydrogens is 261 g/mol. The predicted octanol–water partition coefficient (Wildman–Crippen LogP) is 2.45. The van der Waals surface area contributed by atoms with Crippen LogP contribution in [-0.2, 0) is 0 Å². The molecule has 0 spiro atoms. The van der Waals surface area contributed by atoms with Gasteiger partial charge in [0.05, 0.1) is 5.56 Å². The maximum Gasteiger partial charge on any atom is 0.255 e. The first-order chi connectivity index (χ1) is 9.48. The van der Waals surface area contributed by atoms with Gasteiger partial charge in [-0.1, -0.05) is 13.8 Å². The molecule has 1 rings (SSSR count). The summed E-state index contributed by atoms with van der Waals surface area (Å²) in [5.41, 5.74) is -0.247. The molecule has 0 aliphatic carbocycles. The monoisotopic (exact) mass is 283 g/mol. The SMILES string of the molecule is CCC(CC)(CCO)CNC(=O)c1cc(F)ccc1O. The number of aliphatic hydroxyl groups excluding tert-OH is 1. The van der Waals surface area contributed by atoms with Crippen molar-refractivity contribution in [3.8, 4) is 5.75 Å². The molecule has 0 bridgehead atoms. The normalized spacial score (nSPS) is 11.4. The van der Waals surface area contributed by atoms with Crippen LogP contribution in [0.15, 0.2) is 18.2 Å². The van der Waals surface area contributed by atoms with Crippen LogP contribution in [0.1, 0.15) is 43.5 Å². The Hall–Kier alpha value is -1.62. The second-order valence-electron chi connectivity index (χ2n) is 5.02. The molecule has 0 radical (unpaired) electrons. The molecular formula is C15H22FNO3. The Morgan fingerprint density at radius 2 is 2.00 bits per heavy atom. The molecule has 1 amide bonds. The molecule has 0 aliphatic rings.